The largest absolute Gasteiger partial charge is 0.481 e. The lowest BCUT2D eigenvalue weighted by atomic mass is 10.2. The van der Waals surface area contributed by atoms with Crippen molar-refractivity contribution in [3.8, 4) is 5.88 Å². The molecule has 1 aromatic heterocycles. The smallest absolute Gasteiger partial charge is 0.220 e. The average molecular weight is 270 g/mol. The highest BCUT2D eigenvalue weighted by molar-refractivity contribution is 6.30. The Morgan fingerprint density at radius 2 is 2.50 bits per heavy atom. The van der Waals surface area contributed by atoms with Crippen molar-refractivity contribution < 1.29 is 9.53 Å². The molecule has 0 radical (unpaired) electrons. The fraction of sp³-hybridized carbons (Fsp3) is 0.500. The minimum Gasteiger partial charge on any atom is -0.481 e. The van der Waals surface area contributed by atoms with Crippen molar-refractivity contribution in [2.24, 2.45) is 0 Å². The number of hydrogen-bond donors (Lipinski definition) is 2. The molecule has 1 aromatic rings. The number of nitrogens with zero attached hydrogens (tertiary/aromatic N) is 1. The van der Waals surface area contributed by atoms with Crippen molar-refractivity contribution in [1.82, 2.24) is 15.6 Å². The van der Waals surface area contributed by atoms with Crippen molar-refractivity contribution in [2.45, 2.75) is 25.4 Å². The molecule has 2 N–H and O–H groups in total. The van der Waals surface area contributed by atoms with Gasteiger partial charge < -0.3 is 15.4 Å². The van der Waals surface area contributed by atoms with Crippen LogP contribution in [0.5, 0.6) is 5.88 Å². The first kappa shape index (κ1) is 13.1. The molecule has 2 heterocycles. The second-order valence-electron chi connectivity index (χ2n) is 4.26. The molecule has 1 saturated heterocycles. The Balaban J connectivity index is 1.86. The number of methoxy groups -OCH3 is 1. The molecule has 1 aliphatic rings. The van der Waals surface area contributed by atoms with Crippen LogP contribution in [0.3, 0.4) is 0 Å². The maximum Gasteiger partial charge on any atom is 0.220 e. The van der Waals surface area contributed by atoms with Gasteiger partial charge in [-0.1, -0.05) is 11.6 Å². The number of rotatable bonds is 5. The monoisotopic (exact) mass is 269 g/mol. The number of carbonyl (C=O) groups is 1. The Kier molecular flexibility index (Phi) is 4.38. The van der Waals surface area contributed by atoms with Crippen molar-refractivity contribution in [1.29, 1.82) is 0 Å². The van der Waals surface area contributed by atoms with Gasteiger partial charge in [-0.15, -0.1) is 0 Å². The highest BCUT2D eigenvalue weighted by atomic mass is 35.5. The van der Waals surface area contributed by atoms with Gasteiger partial charge in [0.2, 0.25) is 11.8 Å². The van der Waals surface area contributed by atoms with E-state index in [1.54, 1.807) is 13.3 Å². The molecule has 0 aliphatic carbocycles. The Morgan fingerprint density at radius 3 is 3.17 bits per heavy atom. The molecule has 0 unspecified atom stereocenters. The third-order valence-corrected chi connectivity index (χ3v) is 3.08. The summed E-state index contributed by atoms with van der Waals surface area (Å²) in [5.41, 5.74) is 0.911. The summed E-state index contributed by atoms with van der Waals surface area (Å²) in [4.78, 5) is 15.1. The van der Waals surface area contributed by atoms with Crippen LogP contribution in [-0.4, -0.2) is 30.6 Å². The first-order valence-electron chi connectivity index (χ1n) is 5.87. The van der Waals surface area contributed by atoms with E-state index in [-0.39, 0.29) is 11.9 Å². The molecule has 1 amide bonds. The summed E-state index contributed by atoms with van der Waals surface area (Å²) >= 11 is 5.90. The summed E-state index contributed by atoms with van der Waals surface area (Å²) in [6, 6.07) is 2.05. The van der Waals surface area contributed by atoms with Gasteiger partial charge in [0.1, 0.15) is 0 Å². The van der Waals surface area contributed by atoms with Crippen LogP contribution in [-0.2, 0) is 11.3 Å². The van der Waals surface area contributed by atoms with Gasteiger partial charge in [-0.05, 0) is 12.5 Å². The number of halogens is 1. The SMILES string of the molecule is COc1ncc(Cl)cc1CNC[C@@H]1CCC(=O)N1. The molecule has 98 valence electrons. The van der Waals surface area contributed by atoms with Crippen LogP contribution in [0.25, 0.3) is 0 Å². The Hall–Kier alpha value is -1.33. The zero-order chi connectivity index (χ0) is 13.0. The molecule has 1 aliphatic heterocycles. The van der Waals surface area contributed by atoms with Crippen molar-refractivity contribution in [3.63, 3.8) is 0 Å². The first-order chi connectivity index (χ1) is 8.69. The predicted molar refractivity (Wildman–Crippen MR) is 68.7 cm³/mol. The van der Waals surface area contributed by atoms with E-state index in [1.807, 2.05) is 6.07 Å². The third kappa shape index (κ3) is 3.34. The van der Waals surface area contributed by atoms with E-state index >= 15 is 0 Å². The van der Waals surface area contributed by atoms with Crippen LogP contribution in [0.2, 0.25) is 5.02 Å². The fourth-order valence-corrected chi connectivity index (χ4v) is 2.17. The van der Waals surface area contributed by atoms with Crippen LogP contribution < -0.4 is 15.4 Å². The van der Waals surface area contributed by atoms with Gasteiger partial charge in [0, 0.05) is 37.3 Å². The minimum atomic E-state index is 0.129. The Labute approximate surface area is 111 Å². The highest BCUT2D eigenvalue weighted by Crippen LogP contribution is 2.19. The van der Waals surface area contributed by atoms with Crippen LogP contribution >= 0.6 is 11.6 Å². The summed E-state index contributed by atoms with van der Waals surface area (Å²) in [6.07, 6.45) is 3.06. The number of amides is 1. The van der Waals surface area contributed by atoms with E-state index in [2.05, 4.69) is 15.6 Å². The van der Waals surface area contributed by atoms with Crippen LogP contribution in [0.1, 0.15) is 18.4 Å². The van der Waals surface area contributed by atoms with E-state index in [0.717, 1.165) is 18.5 Å². The molecule has 18 heavy (non-hydrogen) atoms. The summed E-state index contributed by atoms with van der Waals surface area (Å²) in [5, 5.41) is 6.76. The van der Waals surface area contributed by atoms with E-state index in [4.69, 9.17) is 16.3 Å². The molecule has 2 rings (SSSR count). The van der Waals surface area contributed by atoms with Crippen molar-refractivity contribution >= 4 is 17.5 Å². The molecule has 1 fully saturated rings. The Morgan fingerprint density at radius 1 is 1.67 bits per heavy atom. The zero-order valence-electron chi connectivity index (χ0n) is 10.2. The summed E-state index contributed by atoms with van der Waals surface area (Å²) in [6.45, 7) is 1.35. The maximum absolute atomic E-state index is 11.0. The van der Waals surface area contributed by atoms with E-state index < -0.39 is 0 Å². The van der Waals surface area contributed by atoms with E-state index in [0.29, 0.717) is 23.9 Å². The molecule has 0 spiro atoms. The molecule has 0 bridgehead atoms. The summed E-state index contributed by atoms with van der Waals surface area (Å²) < 4.78 is 5.16. The molecule has 0 saturated carbocycles. The number of aromatic nitrogens is 1. The summed E-state index contributed by atoms with van der Waals surface area (Å²) in [7, 11) is 1.58. The lowest BCUT2D eigenvalue weighted by molar-refractivity contribution is -0.119. The fourth-order valence-electron chi connectivity index (χ4n) is 1.99. The molecular formula is C12H16ClN3O2. The van der Waals surface area contributed by atoms with Crippen LogP contribution in [0, 0.1) is 0 Å². The lowest BCUT2D eigenvalue weighted by Gasteiger charge is -2.12. The minimum absolute atomic E-state index is 0.129. The Bertz CT molecular complexity index is 439. The van der Waals surface area contributed by atoms with Gasteiger partial charge in [0.25, 0.3) is 0 Å². The second kappa shape index (κ2) is 6.02. The van der Waals surface area contributed by atoms with Gasteiger partial charge in [-0.25, -0.2) is 4.98 Å². The topological polar surface area (TPSA) is 63.2 Å². The molecule has 5 nitrogen and oxygen atoms in total. The van der Waals surface area contributed by atoms with E-state index in [1.165, 1.54) is 0 Å². The maximum atomic E-state index is 11.0. The summed E-state index contributed by atoms with van der Waals surface area (Å²) in [5.74, 6) is 0.700. The molecule has 0 aromatic carbocycles. The van der Waals surface area contributed by atoms with Gasteiger partial charge >= 0.3 is 0 Å². The second-order valence-corrected chi connectivity index (χ2v) is 4.69. The van der Waals surface area contributed by atoms with Crippen molar-refractivity contribution in [2.75, 3.05) is 13.7 Å². The van der Waals surface area contributed by atoms with Gasteiger partial charge in [-0.3, -0.25) is 4.79 Å². The lowest BCUT2D eigenvalue weighted by Crippen LogP contribution is -2.35. The van der Waals surface area contributed by atoms with Crippen LogP contribution in [0.4, 0.5) is 0 Å². The highest BCUT2D eigenvalue weighted by Gasteiger charge is 2.20. The number of hydrogen-bond acceptors (Lipinski definition) is 4. The standard InChI is InChI=1S/C12H16ClN3O2/c1-18-12-8(4-9(13)6-15-12)5-14-7-10-2-3-11(17)16-10/h4,6,10,14H,2-3,5,7H2,1H3,(H,16,17)/t10-/m0/s1. The molecule has 1 atom stereocenters. The van der Waals surface area contributed by atoms with E-state index in [9.17, 15) is 4.79 Å². The normalized spacial score (nSPS) is 18.8. The zero-order valence-corrected chi connectivity index (χ0v) is 11.0. The van der Waals surface area contributed by atoms with Gasteiger partial charge in [-0.2, -0.15) is 0 Å². The number of pyridine rings is 1. The predicted octanol–water partition coefficient (Wildman–Crippen LogP) is 1.11. The quantitative estimate of drug-likeness (QED) is 0.841. The van der Waals surface area contributed by atoms with Crippen molar-refractivity contribution in [3.05, 3.63) is 22.8 Å². The average Bonchev–Trinajstić information content (AvgIpc) is 2.75. The molecule has 6 heteroatoms. The third-order valence-electron chi connectivity index (χ3n) is 2.88. The first-order valence-corrected chi connectivity index (χ1v) is 6.25. The van der Waals surface area contributed by atoms with Gasteiger partial charge in [0.15, 0.2) is 0 Å². The number of carbonyl (C=O) groups excluding carboxylic acids is 1. The molecular weight excluding hydrogens is 254 g/mol. The number of ether oxygens (including phenoxy) is 1. The van der Waals surface area contributed by atoms with Crippen LogP contribution in [0.15, 0.2) is 12.3 Å². The van der Waals surface area contributed by atoms with Gasteiger partial charge in [0.05, 0.1) is 12.1 Å². The number of nitrogens with one attached hydrogen (secondary N) is 2.